The summed E-state index contributed by atoms with van der Waals surface area (Å²) in [5, 5.41) is -0.461. The molecule has 0 N–H and O–H groups in total. The molecular formula is C8H3ClF3NO3S. The first kappa shape index (κ1) is 13.7. The molecule has 1 rings (SSSR count). The molecule has 0 heterocycles. The van der Waals surface area contributed by atoms with Gasteiger partial charge in [0.15, 0.2) is 0 Å². The average Bonchev–Trinajstić information content (AvgIpc) is 2.15. The summed E-state index contributed by atoms with van der Waals surface area (Å²) in [6.07, 6.45) is -3.98. The van der Waals surface area contributed by atoms with Crippen LogP contribution < -0.4 is 0 Å². The Morgan fingerprint density at radius 2 is 1.88 bits per heavy atom. The zero-order valence-electron chi connectivity index (χ0n) is 7.82. The van der Waals surface area contributed by atoms with Gasteiger partial charge in [-0.3, -0.25) is 0 Å². The number of hydrogen-bond donors (Lipinski definition) is 0. The maximum atomic E-state index is 12.3. The largest absolute Gasteiger partial charge is 0.416 e. The third-order valence-corrected chi connectivity index (χ3v) is 3.34. The molecule has 0 radical (unpaired) electrons. The highest BCUT2D eigenvalue weighted by atomic mass is 35.5. The maximum Gasteiger partial charge on any atom is 0.416 e. The van der Waals surface area contributed by atoms with Crippen LogP contribution in [0.1, 0.15) is 5.56 Å². The molecule has 1 aromatic carbocycles. The Morgan fingerprint density at radius 3 is 2.35 bits per heavy atom. The molecule has 0 aromatic heterocycles. The van der Waals surface area contributed by atoms with E-state index in [0.717, 1.165) is 12.1 Å². The number of benzene rings is 1. The van der Waals surface area contributed by atoms with E-state index in [0.29, 0.717) is 12.1 Å². The zero-order valence-corrected chi connectivity index (χ0v) is 9.40. The lowest BCUT2D eigenvalue weighted by atomic mass is 10.2. The predicted molar refractivity (Wildman–Crippen MR) is 51.8 cm³/mol. The monoisotopic (exact) mass is 285 g/mol. The molecule has 0 atom stereocenters. The Labute approximate surface area is 98.8 Å². The fourth-order valence-electron chi connectivity index (χ4n) is 0.976. The summed E-state index contributed by atoms with van der Waals surface area (Å²) >= 11 is 5.43. The van der Waals surface area contributed by atoms with Gasteiger partial charge in [0.1, 0.15) is 4.90 Å². The van der Waals surface area contributed by atoms with Crippen LogP contribution in [0.2, 0.25) is 5.02 Å². The molecule has 0 unspecified atom stereocenters. The lowest BCUT2D eigenvalue weighted by Gasteiger charge is -2.08. The quantitative estimate of drug-likeness (QED) is 0.619. The highest BCUT2D eigenvalue weighted by Crippen LogP contribution is 2.33. The van der Waals surface area contributed by atoms with Gasteiger partial charge in [0.25, 0.3) is 16.1 Å². The van der Waals surface area contributed by atoms with E-state index in [2.05, 4.69) is 4.40 Å². The Kier molecular flexibility index (Phi) is 3.61. The molecule has 0 saturated heterocycles. The number of rotatable bonds is 2. The molecular weight excluding hydrogens is 283 g/mol. The van der Waals surface area contributed by atoms with Crippen LogP contribution in [0.3, 0.4) is 0 Å². The minimum absolute atomic E-state index is 0.304. The van der Waals surface area contributed by atoms with Gasteiger partial charge in [0.05, 0.1) is 10.6 Å². The van der Waals surface area contributed by atoms with Gasteiger partial charge in [-0.15, -0.1) is 0 Å². The van der Waals surface area contributed by atoms with Crippen molar-refractivity contribution in [3.63, 3.8) is 0 Å². The summed E-state index contributed by atoms with van der Waals surface area (Å²) in [6, 6.07) is 1.68. The number of halogens is 4. The first-order chi connectivity index (χ1) is 7.68. The molecule has 0 spiro atoms. The molecule has 0 amide bonds. The van der Waals surface area contributed by atoms with Crippen molar-refractivity contribution in [3.05, 3.63) is 28.8 Å². The highest BCUT2D eigenvalue weighted by Gasteiger charge is 2.32. The van der Waals surface area contributed by atoms with Gasteiger partial charge in [-0.05, 0) is 18.2 Å². The number of nitrogens with zero attached hydrogens (tertiary/aromatic N) is 1. The fraction of sp³-hybridized carbons (Fsp3) is 0.125. The van der Waals surface area contributed by atoms with E-state index in [9.17, 15) is 26.4 Å². The summed E-state index contributed by atoms with van der Waals surface area (Å²) in [4.78, 5) is 8.96. The Hall–Kier alpha value is -1.37. The summed E-state index contributed by atoms with van der Waals surface area (Å²) in [6.45, 7) is 0. The van der Waals surface area contributed by atoms with Gasteiger partial charge in [0, 0.05) is 0 Å². The first-order valence-electron chi connectivity index (χ1n) is 3.89. The van der Waals surface area contributed by atoms with E-state index in [4.69, 9.17) is 11.6 Å². The van der Waals surface area contributed by atoms with E-state index < -0.39 is 31.7 Å². The minimum atomic E-state index is -4.72. The van der Waals surface area contributed by atoms with E-state index in [1.54, 1.807) is 0 Å². The summed E-state index contributed by atoms with van der Waals surface area (Å²) in [5.41, 5.74) is -1.21. The van der Waals surface area contributed by atoms with Gasteiger partial charge in [-0.1, -0.05) is 16.0 Å². The Morgan fingerprint density at radius 1 is 1.29 bits per heavy atom. The van der Waals surface area contributed by atoms with Crippen molar-refractivity contribution in [1.29, 1.82) is 0 Å². The molecule has 0 aliphatic heterocycles. The van der Waals surface area contributed by atoms with Crippen LogP contribution in [-0.2, 0) is 21.0 Å². The van der Waals surface area contributed by atoms with Crippen LogP contribution >= 0.6 is 11.6 Å². The van der Waals surface area contributed by atoms with E-state index >= 15 is 0 Å². The lowest BCUT2D eigenvalue weighted by molar-refractivity contribution is -0.137. The van der Waals surface area contributed by atoms with E-state index in [-0.39, 0.29) is 0 Å². The molecule has 0 aliphatic carbocycles. The number of alkyl halides is 3. The van der Waals surface area contributed by atoms with Crippen molar-refractivity contribution in [3.8, 4) is 0 Å². The van der Waals surface area contributed by atoms with Crippen LogP contribution in [0.5, 0.6) is 0 Å². The van der Waals surface area contributed by atoms with Crippen molar-refractivity contribution in [2.24, 2.45) is 4.40 Å². The van der Waals surface area contributed by atoms with Gasteiger partial charge in [-0.2, -0.15) is 21.6 Å². The molecule has 9 heteroatoms. The fourth-order valence-corrected chi connectivity index (χ4v) is 2.17. The van der Waals surface area contributed by atoms with Gasteiger partial charge < -0.3 is 0 Å². The molecule has 17 heavy (non-hydrogen) atoms. The number of hydrogen-bond acceptors (Lipinski definition) is 3. The summed E-state index contributed by atoms with van der Waals surface area (Å²) in [7, 11) is -4.55. The van der Waals surface area contributed by atoms with Crippen LogP contribution in [0, 0.1) is 0 Å². The minimum Gasteiger partial charge on any atom is -0.210 e. The number of sulfonamides is 1. The van der Waals surface area contributed by atoms with Crippen molar-refractivity contribution in [2.45, 2.75) is 11.1 Å². The second kappa shape index (κ2) is 4.48. The number of isocyanates is 1. The van der Waals surface area contributed by atoms with Crippen LogP contribution in [-0.4, -0.2) is 14.5 Å². The molecule has 4 nitrogen and oxygen atoms in total. The number of carbonyl (C=O) groups excluding carboxylic acids is 1. The van der Waals surface area contributed by atoms with Crippen LogP contribution in [0.25, 0.3) is 0 Å². The lowest BCUT2D eigenvalue weighted by Crippen LogP contribution is -2.07. The second-order valence-electron chi connectivity index (χ2n) is 2.80. The van der Waals surface area contributed by atoms with Gasteiger partial charge >= 0.3 is 6.18 Å². The van der Waals surface area contributed by atoms with Crippen molar-refractivity contribution in [1.82, 2.24) is 0 Å². The van der Waals surface area contributed by atoms with E-state index in [1.165, 1.54) is 0 Å². The molecule has 0 saturated carbocycles. The standard InChI is InChI=1S/C8H3ClF3NO3S/c9-6-2-1-5(8(10,11)12)3-7(6)17(15,16)13-4-14/h1-3H. The Balaban J connectivity index is 3.50. The van der Waals surface area contributed by atoms with Gasteiger partial charge in [-0.25, -0.2) is 4.79 Å². The molecule has 1 aromatic rings. The van der Waals surface area contributed by atoms with Crippen LogP contribution in [0.15, 0.2) is 27.5 Å². The normalized spacial score (nSPS) is 12.0. The second-order valence-corrected chi connectivity index (χ2v) is 4.78. The van der Waals surface area contributed by atoms with Gasteiger partial charge in [0.2, 0.25) is 0 Å². The zero-order chi connectivity index (χ0) is 13.3. The molecule has 92 valence electrons. The summed E-state index contributed by atoms with van der Waals surface area (Å²) < 4.78 is 61.9. The summed E-state index contributed by atoms with van der Waals surface area (Å²) in [5.74, 6) is 0. The molecule has 0 aliphatic rings. The smallest absolute Gasteiger partial charge is 0.210 e. The van der Waals surface area contributed by atoms with Crippen LogP contribution in [0.4, 0.5) is 13.2 Å². The highest BCUT2D eigenvalue weighted by molar-refractivity contribution is 7.90. The van der Waals surface area contributed by atoms with Crippen molar-refractivity contribution < 1.29 is 26.4 Å². The first-order valence-corrected chi connectivity index (χ1v) is 5.71. The van der Waals surface area contributed by atoms with Crippen molar-refractivity contribution in [2.75, 3.05) is 0 Å². The average molecular weight is 286 g/mol. The third kappa shape index (κ3) is 3.06. The molecule has 0 bridgehead atoms. The van der Waals surface area contributed by atoms with Crippen molar-refractivity contribution >= 4 is 27.7 Å². The topological polar surface area (TPSA) is 63.6 Å². The third-order valence-electron chi connectivity index (χ3n) is 1.69. The van der Waals surface area contributed by atoms with E-state index in [1.807, 2.05) is 0 Å². The maximum absolute atomic E-state index is 12.3. The predicted octanol–water partition coefficient (Wildman–Crippen LogP) is 2.38. The Bertz CT molecular complexity index is 591. The SMILES string of the molecule is O=C=NS(=O)(=O)c1cc(C(F)(F)F)ccc1Cl. The molecule has 0 fully saturated rings.